The van der Waals surface area contributed by atoms with Gasteiger partial charge in [0, 0.05) is 13.1 Å². The number of aromatic nitrogens is 1. The number of carbonyl (C=O) groups excluding carboxylic acids is 1. The summed E-state index contributed by atoms with van der Waals surface area (Å²) in [5.41, 5.74) is 3.30. The Morgan fingerprint density at radius 1 is 1.15 bits per heavy atom. The van der Waals surface area contributed by atoms with E-state index in [4.69, 9.17) is 0 Å². The highest BCUT2D eigenvalue weighted by Crippen LogP contribution is 2.31. The Kier molecular flexibility index (Phi) is 5.66. The number of nitrogens with one attached hydrogen (secondary N) is 1. The maximum atomic E-state index is 12.7. The van der Waals surface area contributed by atoms with Crippen molar-refractivity contribution in [3.63, 3.8) is 0 Å². The lowest BCUT2D eigenvalue weighted by Crippen LogP contribution is -2.24. The number of likely N-dealkylation sites (tertiary alicyclic amines) is 1. The molecule has 1 aliphatic rings. The third-order valence-corrected chi connectivity index (χ3v) is 7.08. The van der Waals surface area contributed by atoms with Crippen molar-refractivity contribution in [2.24, 2.45) is 0 Å². The molecule has 1 aromatic carbocycles. The number of carbonyl (C=O) groups is 1. The van der Waals surface area contributed by atoms with Crippen LogP contribution in [0.15, 0.2) is 41.8 Å². The van der Waals surface area contributed by atoms with E-state index in [1.54, 1.807) is 11.3 Å². The molecule has 1 saturated heterocycles. The molecule has 1 aliphatic heterocycles. The average molecular weight is 398 g/mol. The van der Waals surface area contributed by atoms with E-state index in [9.17, 15) is 4.79 Å². The molecule has 0 bridgehead atoms. The highest BCUT2D eigenvalue weighted by atomic mass is 32.1. The molecule has 0 saturated carbocycles. The van der Waals surface area contributed by atoms with Gasteiger partial charge in [-0.1, -0.05) is 30.3 Å². The monoisotopic (exact) mass is 397 g/mol. The van der Waals surface area contributed by atoms with E-state index in [-0.39, 0.29) is 5.91 Å². The van der Waals surface area contributed by atoms with Crippen LogP contribution >= 0.6 is 22.7 Å². The van der Waals surface area contributed by atoms with Crippen LogP contribution in [0.5, 0.6) is 0 Å². The number of benzene rings is 1. The highest BCUT2D eigenvalue weighted by molar-refractivity contribution is 7.22. The molecule has 0 unspecified atom stereocenters. The van der Waals surface area contributed by atoms with Crippen LogP contribution in [-0.2, 0) is 13.1 Å². The molecule has 0 spiro atoms. The van der Waals surface area contributed by atoms with Crippen molar-refractivity contribution in [1.29, 1.82) is 0 Å². The molecule has 4 rings (SSSR count). The van der Waals surface area contributed by atoms with Crippen LogP contribution in [-0.4, -0.2) is 28.9 Å². The Balaban J connectivity index is 1.44. The molecule has 0 atom stereocenters. The molecular formula is C21H23N3OS2. The third-order valence-electron chi connectivity index (χ3n) is 4.89. The summed E-state index contributed by atoms with van der Waals surface area (Å²) < 4.78 is 0. The fourth-order valence-corrected chi connectivity index (χ4v) is 5.21. The molecular weight excluding hydrogens is 374 g/mol. The van der Waals surface area contributed by atoms with Crippen molar-refractivity contribution < 1.29 is 4.79 Å². The summed E-state index contributed by atoms with van der Waals surface area (Å²) >= 11 is 3.12. The first-order valence-corrected chi connectivity index (χ1v) is 11.0. The first-order valence-electron chi connectivity index (χ1n) is 9.29. The zero-order valence-corrected chi connectivity index (χ0v) is 17.0. The van der Waals surface area contributed by atoms with Gasteiger partial charge in [-0.05, 0) is 55.4 Å². The minimum absolute atomic E-state index is 0.0382. The topological polar surface area (TPSA) is 45.2 Å². The van der Waals surface area contributed by atoms with Crippen LogP contribution in [0.2, 0.25) is 0 Å². The summed E-state index contributed by atoms with van der Waals surface area (Å²) in [6.07, 6.45) is 2.58. The van der Waals surface area contributed by atoms with Crippen LogP contribution in [0.3, 0.4) is 0 Å². The largest absolute Gasteiger partial charge is 0.347 e. The molecule has 3 aromatic rings. The summed E-state index contributed by atoms with van der Waals surface area (Å²) in [5, 5.41) is 6.05. The van der Waals surface area contributed by atoms with Gasteiger partial charge >= 0.3 is 0 Å². The second-order valence-electron chi connectivity index (χ2n) is 6.85. The number of rotatable bonds is 6. The van der Waals surface area contributed by atoms with Crippen molar-refractivity contribution in [3.8, 4) is 9.88 Å². The lowest BCUT2D eigenvalue weighted by molar-refractivity contribution is 0.0954. The Morgan fingerprint density at radius 2 is 1.93 bits per heavy atom. The summed E-state index contributed by atoms with van der Waals surface area (Å²) in [5.74, 6) is -0.0382. The van der Waals surface area contributed by atoms with Crippen molar-refractivity contribution in [3.05, 3.63) is 63.5 Å². The number of hydrogen-bond donors (Lipinski definition) is 1. The predicted molar refractivity (Wildman–Crippen MR) is 112 cm³/mol. The third kappa shape index (κ3) is 4.29. The van der Waals surface area contributed by atoms with E-state index >= 15 is 0 Å². The summed E-state index contributed by atoms with van der Waals surface area (Å²) in [6.45, 7) is 5.77. The number of nitrogens with zero attached hydrogens (tertiary/aromatic N) is 2. The molecule has 0 radical (unpaired) electrons. The minimum atomic E-state index is -0.0382. The quantitative estimate of drug-likeness (QED) is 0.655. The van der Waals surface area contributed by atoms with E-state index in [1.165, 1.54) is 48.4 Å². The molecule has 6 heteroatoms. The zero-order chi connectivity index (χ0) is 18.6. The second-order valence-corrected chi connectivity index (χ2v) is 8.79. The normalized spacial score (nSPS) is 14.6. The molecule has 4 nitrogen and oxygen atoms in total. The number of thiophene rings is 1. The number of thiazole rings is 1. The highest BCUT2D eigenvalue weighted by Gasteiger charge is 2.18. The van der Waals surface area contributed by atoms with Gasteiger partial charge in [0.25, 0.3) is 5.91 Å². The molecule has 0 aliphatic carbocycles. The molecule has 1 N–H and O–H groups in total. The van der Waals surface area contributed by atoms with Crippen molar-refractivity contribution in [1.82, 2.24) is 15.2 Å². The Labute approximate surface area is 167 Å². The van der Waals surface area contributed by atoms with Gasteiger partial charge in [0.15, 0.2) is 0 Å². The Bertz CT molecular complexity index is 911. The van der Waals surface area contributed by atoms with Crippen molar-refractivity contribution in [2.75, 3.05) is 13.1 Å². The molecule has 140 valence electrons. The van der Waals surface area contributed by atoms with E-state index in [2.05, 4.69) is 33.4 Å². The van der Waals surface area contributed by atoms with E-state index < -0.39 is 0 Å². The van der Waals surface area contributed by atoms with E-state index in [0.717, 1.165) is 22.1 Å². The fourth-order valence-electron chi connectivity index (χ4n) is 3.43. The lowest BCUT2D eigenvalue weighted by atomic mass is 10.1. The first kappa shape index (κ1) is 18.3. The smallest absolute Gasteiger partial charge is 0.263 e. The SMILES string of the molecule is Cc1nc(-c2cccs2)sc1C(=O)NCc1ccccc1CN1CCCC1. The van der Waals surface area contributed by atoms with Gasteiger partial charge in [0.2, 0.25) is 0 Å². The van der Waals surface area contributed by atoms with Crippen molar-refractivity contribution >= 4 is 28.6 Å². The van der Waals surface area contributed by atoms with Gasteiger partial charge < -0.3 is 5.32 Å². The fraction of sp³-hybridized carbons (Fsp3) is 0.333. The van der Waals surface area contributed by atoms with Crippen LogP contribution in [0.25, 0.3) is 9.88 Å². The van der Waals surface area contributed by atoms with Crippen LogP contribution < -0.4 is 5.32 Å². The number of aryl methyl sites for hydroxylation is 1. The van der Waals surface area contributed by atoms with E-state index in [1.807, 2.05) is 30.5 Å². The van der Waals surface area contributed by atoms with Gasteiger partial charge in [-0.3, -0.25) is 9.69 Å². The van der Waals surface area contributed by atoms with Crippen LogP contribution in [0, 0.1) is 6.92 Å². The van der Waals surface area contributed by atoms with Crippen LogP contribution in [0.4, 0.5) is 0 Å². The maximum Gasteiger partial charge on any atom is 0.263 e. The van der Waals surface area contributed by atoms with Crippen LogP contribution in [0.1, 0.15) is 39.3 Å². The first-order chi connectivity index (χ1) is 13.2. The molecule has 1 fully saturated rings. The second kappa shape index (κ2) is 8.33. The minimum Gasteiger partial charge on any atom is -0.347 e. The zero-order valence-electron chi connectivity index (χ0n) is 15.4. The van der Waals surface area contributed by atoms with Gasteiger partial charge in [0.1, 0.15) is 9.88 Å². The molecule has 27 heavy (non-hydrogen) atoms. The lowest BCUT2D eigenvalue weighted by Gasteiger charge is -2.17. The van der Waals surface area contributed by atoms with Gasteiger partial charge in [-0.15, -0.1) is 22.7 Å². The Hall–Kier alpha value is -2.02. The summed E-state index contributed by atoms with van der Waals surface area (Å²) in [6, 6.07) is 12.5. The summed E-state index contributed by atoms with van der Waals surface area (Å²) in [4.78, 5) is 21.6. The van der Waals surface area contributed by atoms with Gasteiger partial charge in [-0.25, -0.2) is 4.98 Å². The predicted octanol–water partition coefficient (Wildman–Crippen LogP) is 4.71. The number of hydrogen-bond acceptors (Lipinski definition) is 5. The number of amides is 1. The molecule has 1 amide bonds. The Morgan fingerprint density at radius 3 is 2.67 bits per heavy atom. The van der Waals surface area contributed by atoms with Crippen molar-refractivity contribution in [2.45, 2.75) is 32.9 Å². The molecule has 3 heterocycles. The molecule has 2 aromatic heterocycles. The van der Waals surface area contributed by atoms with Gasteiger partial charge in [-0.2, -0.15) is 0 Å². The van der Waals surface area contributed by atoms with Gasteiger partial charge in [0.05, 0.1) is 10.6 Å². The summed E-state index contributed by atoms with van der Waals surface area (Å²) in [7, 11) is 0. The average Bonchev–Trinajstić information content (AvgIpc) is 3.42. The standard InChI is InChI=1S/C21H23N3OS2/c1-15-19(27-21(23-15)18-9-6-12-26-18)20(25)22-13-16-7-2-3-8-17(16)14-24-10-4-5-11-24/h2-3,6-9,12H,4-5,10-11,13-14H2,1H3,(H,22,25). The maximum absolute atomic E-state index is 12.7. The van der Waals surface area contributed by atoms with E-state index in [0.29, 0.717) is 11.4 Å².